The van der Waals surface area contributed by atoms with E-state index in [-0.39, 0.29) is 0 Å². The summed E-state index contributed by atoms with van der Waals surface area (Å²) in [6, 6.07) is 20.8. The highest BCUT2D eigenvalue weighted by Gasteiger charge is 2.13. The van der Waals surface area contributed by atoms with Gasteiger partial charge in [-0.15, -0.1) is 5.10 Å². The molecule has 0 unspecified atom stereocenters. The molecule has 5 rings (SSSR count). The Morgan fingerprint density at radius 3 is 2.37 bits per heavy atom. The predicted molar refractivity (Wildman–Crippen MR) is 105 cm³/mol. The molecular formula is C21H18N6. The highest BCUT2D eigenvalue weighted by atomic mass is 15.3. The first kappa shape index (κ1) is 15.6. The van der Waals surface area contributed by atoms with Gasteiger partial charge < -0.3 is 4.57 Å². The van der Waals surface area contributed by atoms with E-state index in [0.29, 0.717) is 5.82 Å². The quantitative estimate of drug-likeness (QED) is 0.495. The molecule has 27 heavy (non-hydrogen) atoms. The molecule has 0 fully saturated rings. The molecule has 3 aromatic heterocycles. The number of hydrogen-bond donors (Lipinski definition) is 0. The molecule has 5 aromatic rings. The van der Waals surface area contributed by atoms with Crippen LogP contribution in [0.25, 0.3) is 39.5 Å². The summed E-state index contributed by atoms with van der Waals surface area (Å²) in [6.07, 6.45) is 3.99. The van der Waals surface area contributed by atoms with Gasteiger partial charge in [0.25, 0.3) is 0 Å². The van der Waals surface area contributed by atoms with Crippen molar-refractivity contribution in [3.8, 4) is 28.6 Å². The first-order chi connectivity index (χ1) is 13.2. The van der Waals surface area contributed by atoms with Gasteiger partial charge in [-0.2, -0.15) is 5.10 Å². The Morgan fingerprint density at radius 1 is 0.778 bits per heavy atom. The molecule has 6 heteroatoms. The van der Waals surface area contributed by atoms with Crippen LogP contribution in [0.3, 0.4) is 0 Å². The molecule has 0 saturated heterocycles. The van der Waals surface area contributed by atoms with Crippen LogP contribution < -0.4 is 0 Å². The summed E-state index contributed by atoms with van der Waals surface area (Å²) < 4.78 is 5.74. The summed E-state index contributed by atoms with van der Waals surface area (Å²) >= 11 is 0. The van der Waals surface area contributed by atoms with Gasteiger partial charge in [0.1, 0.15) is 5.69 Å². The molecular weight excluding hydrogens is 336 g/mol. The van der Waals surface area contributed by atoms with E-state index < -0.39 is 0 Å². The van der Waals surface area contributed by atoms with Crippen LogP contribution in [0.15, 0.2) is 73.1 Å². The third-order valence-corrected chi connectivity index (χ3v) is 4.71. The van der Waals surface area contributed by atoms with Crippen molar-refractivity contribution < 1.29 is 0 Å². The molecule has 0 bridgehead atoms. The van der Waals surface area contributed by atoms with E-state index in [2.05, 4.69) is 80.5 Å². The second kappa shape index (κ2) is 5.95. The number of benzene rings is 2. The highest BCUT2D eigenvalue weighted by molar-refractivity contribution is 5.82. The maximum absolute atomic E-state index is 4.68. The van der Waals surface area contributed by atoms with Crippen LogP contribution in [0.5, 0.6) is 0 Å². The van der Waals surface area contributed by atoms with Crippen molar-refractivity contribution in [3.05, 3.63) is 73.1 Å². The number of rotatable bonds is 3. The van der Waals surface area contributed by atoms with E-state index in [0.717, 1.165) is 22.8 Å². The lowest BCUT2D eigenvalue weighted by Gasteiger charge is -2.07. The van der Waals surface area contributed by atoms with E-state index in [4.69, 9.17) is 0 Å². The lowest BCUT2D eigenvalue weighted by Crippen LogP contribution is -1.96. The molecule has 0 spiro atoms. The molecule has 0 saturated carbocycles. The summed E-state index contributed by atoms with van der Waals surface area (Å²) in [5.41, 5.74) is 4.11. The number of fused-ring (bicyclic) bond motifs is 1. The van der Waals surface area contributed by atoms with Crippen LogP contribution in [-0.2, 0) is 14.1 Å². The zero-order chi connectivity index (χ0) is 18.4. The monoisotopic (exact) mass is 354 g/mol. The summed E-state index contributed by atoms with van der Waals surface area (Å²) in [6.45, 7) is 0. The Morgan fingerprint density at radius 2 is 1.59 bits per heavy atom. The van der Waals surface area contributed by atoms with Crippen molar-refractivity contribution in [2.45, 2.75) is 0 Å². The fraction of sp³-hybridized carbons (Fsp3) is 0.0952. The Hall–Kier alpha value is -3.67. The molecule has 0 N–H and O–H groups in total. The van der Waals surface area contributed by atoms with E-state index >= 15 is 0 Å². The van der Waals surface area contributed by atoms with Crippen molar-refractivity contribution >= 4 is 10.9 Å². The fourth-order valence-electron chi connectivity index (χ4n) is 3.36. The third-order valence-electron chi connectivity index (χ3n) is 4.71. The number of aromatic nitrogens is 6. The van der Waals surface area contributed by atoms with Gasteiger partial charge in [-0.1, -0.05) is 18.2 Å². The Bertz CT molecular complexity index is 1240. The zero-order valence-corrected chi connectivity index (χ0v) is 15.1. The standard InChI is InChI=1S/C21H18N6/c1-25-13-12-18(23-25)20-22-21(26(2)24-20)16-7-9-17(10-8-16)27-14-11-15-5-3-4-6-19(15)27/h3-14H,1-2H3. The lowest BCUT2D eigenvalue weighted by atomic mass is 10.2. The van der Waals surface area contributed by atoms with E-state index in [1.165, 1.54) is 10.9 Å². The van der Waals surface area contributed by atoms with E-state index in [9.17, 15) is 0 Å². The van der Waals surface area contributed by atoms with Gasteiger partial charge in [-0.3, -0.25) is 4.68 Å². The van der Waals surface area contributed by atoms with E-state index in [1.54, 1.807) is 9.36 Å². The summed E-state index contributed by atoms with van der Waals surface area (Å²) in [4.78, 5) is 4.68. The van der Waals surface area contributed by atoms with Crippen LogP contribution in [0.2, 0.25) is 0 Å². The fourth-order valence-corrected chi connectivity index (χ4v) is 3.36. The summed E-state index contributed by atoms with van der Waals surface area (Å²) in [5, 5.41) is 10.1. The minimum absolute atomic E-state index is 0.633. The molecule has 0 aliphatic heterocycles. The van der Waals surface area contributed by atoms with Crippen LogP contribution in [0, 0.1) is 0 Å². The van der Waals surface area contributed by atoms with Gasteiger partial charge in [0, 0.05) is 37.7 Å². The first-order valence-corrected chi connectivity index (χ1v) is 8.77. The molecule has 132 valence electrons. The molecule has 0 aliphatic rings. The van der Waals surface area contributed by atoms with Gasteiger partial charge in [0.05, 0.1) is 5.52 Å². The van der Waals surface area contributed by atoms with Gasteiger partial charge in [0.15, 0.2) is 5.82 Å². The number of aryl methyl sites for hydroxylation is 2. The largest absolute Gasteiger partial charge is 0.317 e. The maximum atomic E-state index is 4.68. The Balaban J connectivity index is 1.51. The lowest BCUT2D eigenvalue weighted by molar-refractivity contribution is 0.759. The van der Waals surface area contributed by atoms with Crippen molar-refractivity contribution in [1.29, 1.82) is 0 Å². The third kappa shape index (κ3) is 2.62. The first-order valence-electron chi connectivity index (χ1n) is 8.77. The minimum atomic E-state index is 0.633. The van der Waals surface area contributed by atoms with Crippen LogP contribution in [0.4, 0.5) is 0 Å². The number of hydrogen-bond acceptors (Lipinski definition) is 3. The van der Waals surface area contributed by atoms with Gasteiger partial charge >= 0.3 is 0 Å². The van der Waals surface area contributed by atoms with Gasteiger partial charge in [-0.25, -0.2) is 9.67 Å². The SMILES string of the molecule is Cn1ccc(-c2nc(-c3ccc(-n4ccc5ccccc54)cc3)n(C)n2)n1. The van der Waals surface area contributed by atoms with Crippen LogP contribution >= 0.6 is 0 Å². The van der Waals surface area contributed by atoms with Gasteiger partial charge in [-0.05, 0) is 47.9 Å². The van der Waals surface area contributed by atoms with Crippen LogP contribution in [-0.4, -0.2) is 29.1 Å². The minimum Gasteiger partial charge on any atom is -0.317 e. The summed E-state index contributed by atoms with van der Waals surface area (Å²) in [7, 11) is 3.79. The predicted octanol–water partition coefficient (Wildman–Crippen LogP) is 3.83. The zero-order valence-electron chi connectivity index (χ0n) is 15.1. The van der Waals surface area contributed by atoms with Crippen molar-refractivity contribution in [3.63, 3.8) is 0 Å². The molecule has 0 amide bonds. The molecule has 3 heterocycles. The molecule has 6 nitrogen and oxygen atoms in total. The van der Waals surface area contributed by atoms with E-state index in [1.807, 2.05) is 26.4 Å². The number of nitrogens with zero attached hydrogens (tertiary/aromatic N) is 6. The number of para-hydroxylation sites is 1. The Labute approximate surface area is 156 Å². The molecule has 0 aliphatic carbocycles. The second-order valence-electron chi connectivity index (χ2n) is 6.55. The average molecular weight is 354 g/mol. The molecule has 0 atom stereocenters. The Kier molecular flexibility index (Phi) is 3.43. The highest BCUT2D eigenvalue weighted by Crippen LogP contribution is 2.24. The van der Waals surface area contributed by atoms with Gasteiger partial charge in [0.2, 0.25) is 5.82 Å². The topological polar surface area (TPSA) is 53.5 Å². The second-order valence-corrected chi connectivity index (χ2v) is 6.55. The molecule has 0 radical (unpaired) electrons. The van der Waals surface area contributed by atoms with Crippen molar-refractivity contribution in [1.82, 2.24) is 29.1 Å². The normalized spacial score (nSPS) is 11.3. The van der Waals surface area contributed by atoms with Crippen LogP contribution in [0.1, 0.15) is 0 Å². The molecule has 2 aromatic carbocycles. The maximum Gasteiger partial charge on any atom is 0.202 e. The van der Waals surface area contributed by atoms with Crippen molar-refractivity contribution in [2.24, 2.45) is 14.1 Å². The average Bonchev–Trinajstić information content (AvgIpc) is 3.40. The smallest absolute Gasteiger partial charge is 0.202 e. The summed E-state index contributed by atoms with van der Waals surface area (Å²) in [5.74, 6) is 1.45. The van der Waals surface area contributed by atoms with Crippen molar-refractivity contribution in [2.75, 3.05) is 0 Å².